The van der Waals surface area contributed by atoms with E-state index in [4.69, 9.17) is 9.47 Å². The molecule has 0 bridgehead atoms. The molecule has 1 atom stereocenters. The lowest BCUT2D eigenvalue weighted by molar-refractivity contribution is -0.294. The van der Waals surface area contributed by atoms with E-state index < -0.39 is 31.3 Å². The van der Waals surface area contributed by atoms with Crippen LogP contribution in [0.25, 0.3) is 10.8 Å². The predicted molar refractivity (Wildman–Crippen MR) is 133 cm³/mol. The van der Waals surface area contributed by atoms with Gasteiger partial charge < -0.3 is 14.2 Å². The lowest BCUT2D eigenvalue weighted by atomic mass is 9.68. The Hall–Kier alpha value is -2.91. The number of rotatable bonds is 12. The summed E-state index contributed by atoms with van der Waals surface area (Å²) in [5, 5.41) is 0.949. The first kappa shape index (κ1) is 31.3. The summed E-state index contributed by atoms with van der Waals surface area (Å²) in [7, 11) is 0. The monoisotopic (exact) mass is 546 g/mol. The number of halogens is 5. The van der Waals surface area contributed by atoms with Crippen molar-refractivity contribution < 1.29 is 45.8 Å². The summed E-state index contributed by atoms with van der Waals surface area (Å²) in [4.78, 5) is 25.2. The Morgan fingerprint density at radius 1 is 0.842 bits per heavy atom. The number of ether oxygens (including phenoxy) is 3. The van der Waals surface area contributed by atoms with Gasteiger partial charge in [0.25, 0.3) is 0 Å². The van der Waals surface area contributed by atoms with Crippen LogP contribution in [-0.4, -0.2) is 37.3 Å². The second-order valence-corrected chi connectivity index (χ2v) is 10.8. The van der Waals surface area contributed by atoms with E-state index in [1.54, 1.807) is 30.3 Å². The Balaban J connectivity index is 2.22. The molecular formula is C28H35F5O5. The molecule has 0 amide bonds. The smallest absolute Gasteiger partial charge is 0.456 e. The average molecular weight is 547 g/mol. The van der Waals surface area contributed by atoms with Crippen LogP contribution in [0.15, 0.2) is 36.4 Å². The van der Waals surface area contributed by atoms with E-state index in [9.17, 15) is 31.5 Å². The lowest BCUT2D eigenvalue weighted by Gasteiger charge is -2.37. The highest BCUT2D eigenvalue weighted by Crippen LogP contribution is 2.42. The fourth-order valence-corrected chi connectivity index (χ4v) is 3.70. The van der Waals surface area contributed by atoms with E-state index in [2.05, 4.69) is 25.5 Å². The van der Waals surface area contributed by atoms with Crippen molar-refractivity contribution in [3.63, 3.8) is 0 Å². The summed E-state index contributed by atoms with van der Waals surface area (Å²) >= 11 is 0. The Morgan fingerprint density at radius 2 is 1.39 bits per heavy atom. The van der Waals surface area contributed by atoms with Gasteiger partial charge in [0.15, 0.2) is 13.2 Å². The number of carbonyl (C=O) groups is 2. The third-order valence-electron chi connectivity index (χ3n) is 7.08. The third kappa shape index (κ3) is 7.80. The first-order chi connectivity index (χ1) is 17.4. The van der Waals surface area contributed by atoms with Crippen molar-refractivity contribution >= 4 is 22.7 Å². The fourth-order valence-electron chi connectivity index (χ4n) is 3.70. The van der Waals surface area contributed by atoms with Gasteiger partial charge in [-0.2, -0.15) is 22.0 Å². The second kappa shape index (κ2) is 11.9. The van der Waals surface area contributed by atoms with Gasteiger partial charge in [0.05, 0.1) is 5.92 Å². The van der Waals surface area contributed by atoms with Gasteiger partial charge >= 0.3 is 24.0 Å². The van der Waals surface area contributed by atoms with Crippen LogP contribution in [0, 0.1) is 16.7 Å². The van der Waals surface area contributed by atoms with Gasteiger partial charge in [0.2, 0.25) is 0 Å². The van der Waals surface area contributed by atoms with Crippen molar-refractivity contribution in [2.75, 3.05) is 13.2 Å². The molecule has 0 spiro atoms. The van der Waals surface area contributed by atoms with Crippen LogP contribution in [0.5, 0.6) is 11.5 Å². The maximum atomic E-state index is 13.4. The molecule has 0 saturated carbocycles. The van der Waals surface area contributed by atoms with Crippen LogP contribution in [-0.2, 0) is 14.3 Å². The van der Waals surface area contributed by atoms with Crippen molar-refractivity contribution in [2.45, 2.75) is 72.9 Å². The van der Waals surface area contributed by atoms with E-state index in [0.717, 1.165) is 12.8 Å². The van der Waals surface area contributed by atoms with Crippen LogP contribution in [0.3, 0.4) is 0 Å². The molecule has 2 aromatic rings. The fraction of sp³-hybridized carbons (Fsp3) is 0.571. The molecule has 2 aromatic carbocycles. The topological polar surface area (TPSA) is 61.8 Å². The second-order valence-electron chi connectivity index (χ2n) is 10.8. The van der Waals surface area contributed by atoms with Crippen molar-refractivity contribution in [1.29, 1.82) is 0 Å². The molecule has 1 unspecified atom stereocenters. The van der Waals surface area contributed by atoms with Crippen LogP contribution >= 0.6 is 0 Å². The largest absolute Gasteiger partial charge is 0.481 e. The van der Waals surface area contributed by atoms with Crippen molar-refractivity contribution in [1.82, 2.24) is 0 Å². The predicted octanol–water partition coefficient (Wildman–Crippen LogP) is 7.74. The molecule has 0 N–H and O–H groups in total. The zero-order valence-corrected chi connectivity index (χ0v) is 22.5. The van der Waals surface area contributed by atoms with Gasteiger partial charge in [0.1, 0.15) is 11.5 Å². The Kier molecular flexibility index (Phi) is 9.78. The molecule has 0 aliphatic heterocycles. The number of benzene rings is 2. The molecule has 0 fully saturated rings. The van der Waals surface area contributed by atoms with Gasteiger partial charge in [-0.3, -0.25) is 4.79 Å². The van der Waals surface area contributed by atoms with E-state index in [1.165, 1.54) is 6.07 Å². The molecule has 0 aromatic heterocycles. The number of fused-ring (bicyclic) bond motifs is 1. The van der Waals surface area contributed by atoms with Gasteiger partial charge in [0, 0.05) is 10.8 Å². The van der Waals surface area contributed by atoms with Gasteiger partial charge in [-0.15, -0.1) is 0 Å². The molecule has 10 heteroatoms. The third-order valence-corrected chi connectivity index (χ3v) is 7.08. The number of hydrogen-bond donors (Lipinski definition) is 0. The highest BCUT2D eigenvalue weighted by atomic mass is 19.4. The first-order valence-corrected chi connectivity index (χ1v) is 12.4. The molecule has 212 valence electrons. The minimum atomic E-state index is -5.84. The molecule has 38 heavy (non-hydrogen) atoms. The Morgan fingerprint density at radius 3 is 1.92 bits per heavy atom. The highest BCUT2D eigenvalue weighted by Gasteiger charge is 2.58. The van der Waals surface area contributed by atoms with E-state index in [0.29, 0.717) is 17.2 Å². The summed E-state index contributed by atoms with van der Waals surface area (Å²) in [6, 6.07) is 9.63. The molecule has 0 aliphatic carbocycles. The van der Waals surface area contributed by atoms with Crippen LogP contribution < -0.4 is 9.47 Å². The van der Waals surface area contributed by atoms with Crippen molar-refractivity contribution in [2.24, 2.45) is 16.7 Å². The number of esters is 2. The average Bonchev–Trinajstić information content (AvgIpc) is 2.84. The first-order valence-electron chi connectivity index (χ1n) is 12.4. The maximum absolute atomic E-state index is 13.4. The SMILES string of the molecule is CCC(C)(C)CC(C(=O)Oc1cccc2c(OCC(=O)OCC(F)(F)C(F)(F)F)cccc12)C(C)(C)CC. The van der Waals surface area contributed by atoms with E-state index >= 15 is 0 Å². The normalized spacial score (nSPS) is 13.8. The van der Waals surface area contributed by atoms with Gasteiger partial charge in [-0.1, -0.05) is 78.6 Å². The Bertz CT molecular complexity index is 1120. The molecule has 0 saturated heterocycles. The maximum Gasteiger partial charge on any atom is 0.456 e. The molecule has 0 heterocycles. The molecule has 0 aliphatic rings. The standard InChI is InChI=1S/C28H35F5O5/c1-7-25(3,4)15-20(26(5,6)8-2)24(35)38-22-14-10-11-18-19(22)12-9-13-21(18)36-16-23(34)37-17-27(29,30)28(31,32)33/h9-14,20H,7-8,15-17H2,1-6H3. The number of hydrogen-bond acceptors (Lipinski definition) is 5. The summed E-state index contributed by atoms with van der Waals surface area (Å²) in [5.41, 5.74) is -0.389. The highest BCUT2D eigenvalue weighted by molar-refractivity contribution is 5.95. The van der Waals surface area contributed by atoms with Crippen LogP contribution in [0.2, 0.25) is 0 Å². The molecule has 0 radical (unpaired) electrons. The zero-order chi connectivity index (χ0) is 28.9. The summed E-state index contributed by atoms with van der Waals surface area (Å²) in [5.74, 6) is -6.89. The minimum Gasteiger partial charge on any atom is -0.481 e. The van der Waals surface area contributed by atoms with Crippen LogP contribution in [0.4, 0.5) is 22.0 Å². The molecule has 2 rings (SSSR count). The summed E-state index contributed by atoms with van der Waals surface area (Å²) in [6.07, 6.45) is -3.54. The minimum absolute atomic E-state index is 0.0748. The molecular weight excluding hydrogens is 511 g/mol. The van der Waals surface area contributed by atoms with Crippen LogP contribution in [0.1, 0.15) is 60.8 Å². The number of alkyl halides is 5. The van der Waals surface area contributed by atoms with Crippen molar-refractivity contribution in [3.8, 4) is 11.5 Å². The van der Waals surface area contributed by atoms with E-state index in [1.807, 2.05) is 20.8 Å². The molecule has 5 nitrogen and oxygen atoms in total. The summed E-state index contributed by atoms with van der Waals surface area (Å²) in [6.45, 7) is 9.34. The Labute approximate surface area is 219 Å². The van der Waals surface area contributed by atoms with Crippen molar-refractivity contribution in [3.05, 3.63) is 36.4 Å². The van der Waals surface area contributed by atoms with Gasteiger partial charge in [-0.05, 0) is 29.4 Å². The zero-order valence-electron chi connectivity index (χ0n) is 22.5. The van der Waals surface area contributed by atoms with Gasteiger partial charge in [-0.25, -0.2) is 4.79 Å². The number of carbonyl (C=O) groups excluding carboxylic acids is 2. The van der Waals surface area contributed by atoms with E-state index in [-0.39, 0.29) is 34.2 Å². The summed E-state index contributed by atoms with van der Waals surface area (Å²) < 4.78 is 78.1. The quantitative estimate of drug-likeness (QED) is 0.155. The lowest BCUT2D eigenvalue weighted by Crippen LogP contribution is -2.41.